The third-order valence-electron chi connectivity index (χ3n) is 8.92. The van der Waals surface area contributed by atoms with Crippen molar-refractivity contribution in [2.24, 2.45) is 0 Å². The second-order valence-corrected chi connectivity index (χ2v) is 12.1. The number of anilines is 1. The Kier molecular flexibility index (Phi) is 9.25. The number of likely N-dealkylation sites (tertiary alicyclic amines) is 1. The molecule has 3 nitrogen and oxygen atoms in total. The van der Waals surface area contributed by atoms with Crippen LogP contribution < -0.4 is 5.32 Å². The highest BCUT2D eigenvalue weighted by atomic mass is 15.1. The van der Waals surface area contributed by atoms with E-state index in [0.29, 0.717) is 5.56 Å². The maximum Gasteiger partial charge on any atom is 0.0991 e. The van der Waals surface area contributed by atoms with Crippen LogP contribution in [0.2, 0.25) is 0 Å². The van der Waals surface area contributed by atoms with Gasteiger partial charge in [-0.1, -0.05) is 80.2 Å². The van der Waals surface area contributed by atoms with E-state index in [4.69, 9.17) is 0 Å². The first-order valence-corrected chi connectivity index (χ1v) is 15.3. The summed E-state index contributed by atoms with van der Waals surface area (Å²) in [4.78, 5) is 2.61. The Balaban J connectivity index is 1.33. The van der Waals surface area contributed by atoms with E-state index in [1.54, 1.807) is 0 Å². The van der Waals surface area contributed by atoms with Crippen LogP contribution in [0.1, 0.15) is 66.0 Å². The van der Waals surface area contributed by atoms with Gasteiger partial charge in [0, 0.05) is 17.9 Å². The Morgan fingerprint density at radius 1 is 0.857 bits per heavy atom. The van der Waals surface area contributed by atoms with Gasteiger partial charge in [0.15, 0.2) is 0 Å². The third-order valence-corrected chi connectivity index (χ3v) is 8.92. The monoisotopic (exact) mass is 553 g/mol. The zero-order valence-corrected chi connectivity index (χ0v) is 25.4. The zero-order chi connectivity index (χ0) is 29.5. The lowest BCUT2D eigenvalue weighted by atomic mass is 9.69. The summed E-state index contributed by atoms with van der Waals surface area (Å²) >= 11 is 0. The van der Waals surface area contributed by atoms with Gasteiger partial charge in [0.1, 0.15) is 0 Å². The summed E-state index contributed by atoms with van der Waals surface area (Å²) in [6.07, 6.45) is 5.32. The van der Waals surface area contributed by atoms with Crippen molar-refractivity contribution in [2.75, 3.05) is 18.4 Å². The summed E-state index contributed by atoms with van der Waals surface area (Å²) < 4.78 is 0. The number of hydrogen-bond donors (Lipinski definition) is 1. The van der Waals surface area contributed by atoms with E-state index >= 15 is 0 Å². The van der Waals surface area contributed by atoms with Gasteiger partial charge in [-0.15, -0.1) is 0 Å². The molecule has 0 atom stereocenters. The lowest BCUT2D eigenvalue weighted by Crippen LogP contribution is -2.42. The van der Waals surface area contributed by atoms with Crippen LogP contribution in [0.5, 0.6) is 0 Å². The number of hydrogen-bond acceptors (Lipinski definition) is 3. The maximum absolute atomic E-state index is 9.35. The predicted molar refractivity (Wildman–Crippen MR) is 177 cm³/mol. The molecular weight excluding hydrogens is 510 g/mol. The first-order valence-electron chi connectivity index (χ1n) is 15.3. The number of rotatable bonds is 10. The lowest BCUT2D eigenvalue weighted by Gasteiger charge is -2.43. The van der Waals surface area contributed by atoms with E-state index in [9.17, 15) is 5.26 Å². The van der Waals surface area contributed by atoms with Gasteiger partial charge >= 0.3 is 0 Å². The Morgan fingerprint density at radius 3 is 2.17 bits per heavy atom. The lowest BCUT2D eigenvalue weighted by molar-refractivity contribution is 0.146. The van der Waals surface area contributed by atoms with Crippen molar-refractivity contribution in [1.29, 1.82) is 5.26 Å². The quantitative estimate of drug-likeness (QED) is 0.213. The summed E-state index contributed by atoms with van der Waals surface area (Å²) in [6, 6.07) is 35.0. The van der Waals surface area contributed by atoms with Gasteiger partial charge in [0.25, 0.3) is 0 Å². The molecule has 42 heavy (non-hydrogen) atoms. The van der Waals surface area contributed by atoms with Crippen molar-refractivity contribution < 1.29 is 0 Å². The Bertz CT molecular complexity index is 1530. The zero-order valence-electron chi connectivity index (χ0n) is 25.4. The number of nitriles is 1. The fraction of sp³-hybridized carbons (Fsp3) is 0.308. The Labute approximate surface area is 252 Å². The molecule has 0 aromatic heterocycles. The maximum atomic E-state index is 9.35. The number of piperidine rings is 1. The van der Waals surface area contributed by atoms with Gasteiger partial charge in [0.05, 0.1) is 11.6 Å². The second-order valence-electron chi connectivity index (χ2n) is 12.1. The molecule has 1 N–H and O–H groups in total. The summed E-state index contributed by atoms with van der Waals surface area (Å²) in [5.41, 5.74) is 12.0. The van der Waals surface area contributed by atoms with Crippen molar-refractivity contribution in [3.05, 3.63) is 137 Å². The molecule has 0 bridgehead atoms. The largest absolute Gasteiger partial charge is 0.359 e. The van der Waals surface area contributed by atoms with Gasteiger partial charge in [-0.25, -0.2) is 0 Å². The average Bonchev–Trinajstić information content (AvgIpc) is 3.01. The van der Waals surface area contributed by atoms with Crippen LogP contribution in [0.25, 0.3) is 11.1 Å². The van der Waals surface area contributed by atoms with Crippen LogP contribution in [0.3, 0.4) is 0 Å². The van der Waals surface area contributed by atoms with Crippen LogP contribution in [0.15, 0.2) is 103 Å². The normalized spacial score (nSPS) is 14.7. The molecule has 1 fully saturated rings. The number of nitrogens with zero attached hydrogens (tertiary/aromatic N) is 2. The van der Waals surface area contributed by atoms with Gasteiger partial charge in [-0.2, -0.15) is 5.26 Å². The molecule has 4 aromatic carbocycles. The van der Waals surface area contributed by atoms with E-state index in [0.717, 1.165) is 74.2 Å². The molecule has 4 aromatic rings. The smallest absolute Gasteiger partial charge is 0.0991 e. The fourth-order valence-corrected chi connectivity index (χ4v) is 6.45. The molecule has 1 saturated heterocycles. The van der Waals surface area contributed by atoms with Crippen LogP contribution in [0.4, 0.5) is 5.69 Å². The highest BCUT2D eigenvalue weighted by molar-refractivity contribution is 5.65. The minimum Gasteiger partial charge on any atom is -0.359 e. The Hall–Kier alpha value is -4.13. The third kappa shape index (κ3) is 7.19. The van der Waals surface area contributed by atoms with Crippen LogP contribution >= 0.6 is 0 Å². The number of allylic oxidation sites excluding steroid dienone is 1. The van der Waals surface area contributed by atoms with Gasteiger partial charge in [-0.05, 0) is 128 Å². The molecule has 0 amide bonds. The van der Waals surface area contributed by atoms with Crippen molar-refractivity contribution >= 4 is 5.69 Å². The van der Waals surface area contributed by atoms with Crippen LogP contribution in [0, 0.1) is 25.2 Å². The van der Waals surface area contributed by atoms with Crippen molar-refractivity contribution in [3.8, 4) is 17.2 Å². The molecule has 0 saturated carbocycles. The standard InChI is InChI=1S/C39H43N3/c1-5-32-9-11-33(12-10-32)28-42-21-19-39(20-22-42,18-17-31(4)41-38-24-29(2)23-30(3)25-38)37-15-13-35(14-16-37)36-8-6-7-34(26-36)27-40/h6-16,23-26,41H,4-5,17-22,28H2,1-3H3. The number of benzene rings is 4. The molecule has 1 heterocycles. The SMILES string of the molecule is C=C(CCC1(c2ccc(-c3cccc(C#N)c3)cc2)CCN(Cc2ccc(CC)cc2)CC1)Nc1cc(C)cc(C)c1. The summed E-state index contributed by atoms with van der Waals surface area (Å²) in [5, 5.41) is 12.9. The molecule has 1 aliphatic heterocycles. The van der Waals surface area contributed by atoms with Crippen LogP contribution in [-0.2, 0) is 18.4 Å². The fourth-order valence-electron chi connectivity index (χ4n) is 6.45. The topological polar surface area (TPSA) is 39.1 Å². The molecular formula is C39H43N3. The Morgan fingerprint density at radius 2 is 1.52 bits per heavy atom. The summed E-state index contributed by atoms with van der Waals surface area (Å²) in [7, 11) is 0. The second kappa shape index (κ2) is 13.2. The first-order chi connectivity index (χ1) is 20.4. The highest BCUT2D eigenvalue weighted by Gasteiger charge is 2.36. The van der Waals surface area contributed by atoms with E-state index in [1.165, 1.54) is 27.8 Å². The molecule has 0 spiro atoms. The highest BCUT2D eigenvalue weighted by Crippen LogP contribution is 2.41. The first kappa shape index (κ1) is 29.4. The van der Waals surface area contributed by atoms with Crippen molar-refractivity contribution in [2.45, 2.75) is 64.8 Å². The van der Waals surface area contributed by atoms with Gasteiger partial charge < -0.3 is 5.32 Å². The van der Waals surface area contributed by atoms with E-state index in [2.05, 4.69) is 116 Å². The number of aryl methyl sites for hydroxylation is 3. The molecule has 0 aliphatic carbocycles. The predicted octanol–water partition coefficient (Wildman–Crippen LogP) is 9.34. The van der Waals surface area contributed by atoms with E-state index in [-0.39, 0.29) is 5.41 Å². The molecule has 0 radical (unpaired) electrons. The molecule has 0 unspecified atom stereocenters. The summed E-state index contributed by atoms with van der Waals surface area (Å²) in [6.45, 7) is 14.1. The molecule has 1 aliphatic rings. The molecule has 214 valence electrons. The minimum atomic E-state index is 0.0999. The van der Waals surface area contributed by atoms with Crippen molar-refractivity contribution in [3.63, 3.8) is 0 Å². The average molecular weight is 554 g/mol. The van der Waals surface area contributed by atoms with Gasteiger partial charge in [0.2, 0.25) is 0 Å². The minimum absolute atomic E-state index is 0.0999. The van der Waals surface area contributed by atoms with Crippen LogP contribution in [-0.4, -0.2) is 18.0 Å². The van der Waals surface area contributed by atoms with Crippen molar-refractivity contribution in [1.82, 2.24) is 4.90 Å². The van der Waals surface area contributed by atoms with E-state index in [1.807, 2.05) is 18.2 Å². The number of nitrogens with one attached hydrogen (secondary N) is 1. The van der Waals surface area contributed by atoms with E-state index < -0.39 is 0 Å². The van der Waals surface area contributed by atoms with Gasteiger partial charge in [-0.3, -0.25) is 4.90 Å². The molecule has 5 rings (SSSR count). The molecule has 3 heteroatoms. The summed E-state index contributed by atoms with van der Waals surface area (Å²) in [5.74, 6) is 0.